The standard InChI is InChI=1S/C20H31N3O2/c1-13(2)16-8-5-9-17(14(3)4)19(16)22-18(24)12-23-10-6-7-15(11-23)20(21)25/h5,8-9,13-15H,6-7,10-12H2,1-4H3,(H2,21,25)(H,22,24)/p+1/t15-/m0/s1. The van der Waals surface area contributed by atoms with Gasteiger partial charge in [-0.1, -0.05) is 45.9 Å². The second-order valence-electron chi connectivity index (χ2n) is 7.79. The summed E-state index contributed by atoms with van der Waals surface area (Å²) >= 11 is 0. The molecule has 4 N–H and O–H groups in total. The zero-order chi connectivity index (χ0) is 18.6. The number of carbonyl (C=O) groups is 2. The van der Waals surface area contributed by atoms with Gasteiger partial charge >= 0.3 is 0 Å². The zero-order valence-electron chi connectivity index (χ0n) is 15.9. The Kier molecular flexibility index (Phi) is 6.59. The lowest BCUT2D eigenvalue weighted by Crippen LogP contribution is -3.14. The van der Waals surface area contributed by atoms with Crippen LogP contribution in [0.5, 0.6) is 0 Å². The summed E-state index contributed by atoms with van der Waals surface area (Å²) in [5, 5.41) is 3.16. The predicted molar refractivity (Wildman–Crippen MR) is 101 cm³/mol. The number of amides is 2. The SMILES string of the molecule is CC(C)c1cccc(C(C)C)c1NC(=O)C[NH+]1CCC[C@H](C(N)=O)C1. The molecule has 1 aliphatic rings. The Balaban J connectivity index is 2.11. The van der Waals surface area contributed by atoms with Crippen molar-refractivity contribution in [3.63, 3.8) is 0 Å². The number of likely N-dealkylation sites (tertiary alicyclic amines) is 1. The minimum absolute atomic E-state index is 0.00937. The van der Waals surface area contributed by atoms with Crippen molar-refractivity contribution < 1.29 is 14.5 Å². The molecule has 1 aromatic carbocycles. The number of nitrogens with one attached hydrogen (secondary N) is 2. The molecule has 0 radical (unpaired) electrons. The lowest BCUT2D eigenvalue weighted by atomic mass is 9.92. The molecule has 25 heavy (non-hydrogen) atoms. The van der Waals surface area contributed by atoms with E-state index in [4.69, 9.17) is 5.73 Å². The third-order valence-electron chi connectivity index (χ3n) is 5.07. The maximum atomic E-state index is 12.7. The van der Waals surface area contributed by atoms with Crippen LogP contribution in [0.3, 0.4) is 0 Å². The molecular weight excluding hydrogens is 314 g/mol. The highest BCUT2D eigenvalue weighted by atomic mass is 16.2. The Morgan fingerprint density at radius 2 is 1.80 bits per heavy atom. The molecule has 1 unspecified atom stereocenters. The van der Waals surface area contributed by atoms with Gasteiger partial charge in [-0.15, -0.1) is 0 Å². The van der Waals surface area contributed by atoms with Crippen LogP contribution in [-0.4, -0.2) is 31.4 Å². The fourth-order valence-corrected chi connectivity index (χ4v) is 3.66. The fraction of sp³-hybridized carbons (Fsp3) is 0.600. The van der Waals surface area contributed by atoms with Gasteiger partial charge in [0.05, 0.1) is 19.0 Å². The van der Waals surface area contributed by atoms with Crippen molar-refractivity contribution in [1.82, 2.24) is 0 Å². The van der Waals surface area contributed by atoms with Crippen LogP contribution in [0.2, 0.25) is 0 Å². The van der Waals surface area contributed by atoms with Gasteiger partial charge in [-0.25, -0.2) is 0 Å². The molecule has 0 spiro atoms. The second kappa shape index (κ2) is 8.48. The van der Waals surface area contributed by atoms with Crippen molar-refractivity contribution >= 4 is 17.5 Å². The van der Waals surface area contributed by atoms with Crippen LogP contribution >= 0.6 is 0 Å². The van der Waals surface area contributed by atoms with Crippen molar-refractivity contribution in [2.24, 2.45) is 11.7 Å². The smallest absolute Gasteiger partial charge is 0.279 e. The van der Waals surface area contributed by atoms with Crippen molar-refractivity contribution in [2.45, 2.75) is 52.4 Å². The van der Waals surface area contributed by atoms with Gasteiger partial charge in [0.15, 0.2) is 6.54 Å². The van der Waals surface area contributed by atoms with Gasteiger partial charge in [0.2, 0.25) is 5.91 Å². The Bertz CT molecular complexity index is 599. The van der Waals surface area contributed by atoms with Crippen LogP contribution in [0, 0.1) is 5.92 Å². The molecule has 0 bridgehead atoms. The van der Waals surface area contributed by atoms with Gasteiger partial charge in [0, 0.05) is 5.69 Å². The molecule has 1 saturated heterocycles. The van der Waals surface area contributed by atoms with E-state index in [2.05, 4.69) is 51.2 Å². The topological polar surface area (TPSA) is 76.6 Å². The highest BCUT2D eigenvalue weighted by Crippen LogP contribution is 2.32. The summed E-state index contributed by atoms with van der Waals surface area (Å²) < 4.78 is 0. The van der Waals surface area contributed by atoms with Crippen molar-refractivity contribution in [2.75, 3.05) is 25.0 Å². The molecule has 5 nitrogen and oxygen atoms in total. The minimum Gasteiger partial charge on any atom is -0.369 e. The molecule has 5 heteroatoms. The Morgan fingerprint density at radius 3 is 2.32 bits per heavy atom. The van der Waals surface area contributed by atoms with Crippen LogP contribution in [0.15, 0.2) is 18.2 Å². The van der Waals surface area contributed by atoms with Gasteiger partial charge in [0.25, 0.3) is 5.91 Å². The van der Waals surface area contributed by atoms with E-state index in [1.165, 1.54) is 11.1 Å². The summed E-state index contributed by atoms with van der Waals surface area (Å²) in [6, 6.07) is 6.24. The molecule has 138 valence electrons. The number of anilines is 1. The largest absolute Gasteiger partial charge is 0.369 e. The van der Waals surface area contributed by atoms with E-state index < -0.39 is 0 Å². The summed E-state index contributed by atoms with van der Waals surface area (Å²) in [5.74, 6) is 0.344. The first-order valence-corrected chi connectivity index (χ1v) is 9.35. The number of benzene rings is 1. The number of nitrogens with two attached hydrogens (primary N) is 1. The summed E-state index contributed by atoms with van der Waals surface area (Å²) in [5.41, 5.74) is 8.74. The average Bonchev–Trinajstić information content (AvgIpc) is 2.54. The normalized spacial score (nSPS) is 20.7. The Labute approximate surface area is 151 Å². The van der Waals surface area contributed by atoms with E-state index in [0.717, 1.165) is 30.0 Å². The second-order valence-corrected chi connectivity index (χ2v) is 7.79. The van der Waals surface area contributed by atoms with E-state index in [9.17, 15) is 9.59 Å². The monoisotopic (exact) mass is 346 g/mol. The van der Waals surface area contributed by atoms with Gasteiger partial charge in [-0.2, -0.15) is 0 Å². The van der Waals surface area contributed by atoms with Crippen molar-refractivity contribution in [3.05, 3.63) is 29.3 Å². The van der Waals surface area contributed by atoms with Crippen LogP contribution in [0.25, 0.3) is 0 Å². The number of hydrogen-bond donors (Lipinski definition) is 3. The highest BCUT2D eigenvalue weighted by molar-refractivity contribution is 5.93. The lowest BCUT2D eigenvalue weighted by molar-refractivity contribution is -0.899. The van der Waals surface area contributed by atoms with Crippen LogP contribution in [-0.2, 0) is 9.59 Å². The highest BCUT2D eigenvalue weighted by Gasteiger charge is 2.28. The number of quaternary nitrogens is 1. The van der Waals surface area contributed by atoms with Gasteiger partial charge < -0.3 is 16.0 Å². The Morgan fingerprint density at radius 1 is 1.20 bits per heavy atom. The number of piperidine rings is 1. The first kappa shape index (κ1) is 19.4. The molecule has 0 aliphatic carbocycles. The third kappa shape index (κ3) is 5.05. The molecule has 1 aromatic rings. The third-order valence-corrected chi connectivity index (χ3v) is 5.07. The number of primary amides is 1. The molecule has 2 amide bonds. The zero-order valence-corrected chi connectivity index (χ0v) is 15.9. The van der Waals surface area contributed by atoms with Crippen LogP contribution < -0.4 is 16.0 Å². The summed E-state index contributed by atoms with van der Waals surface area (Å²) in [6.45, 7) is 10.5. The minimum atomic E-state index is -0.246. The summed E-state index contributed by atoms with van der Waals surface area (Å²) in [6.07, 6.45) is 1.78. The quantitative estimate of drug-likeness (QED) is 0.732. The lowest BCUT2D eigenvalue weighted by Gasteiger charge is -2.28. The molecule has 0 aromatic heterocycles. The molecular formula is C20H32N3O2+. The Hall–Kier alpha value is -1.88. The van der Waals surface area contributed by atoms with Crippen LogP contribution in [0.4, 0.5) is 5.69 Å². The van der Waals surface area contributed by atoms with Crippen LogP contribution in [0.1, 0.15) is 63.5 Å². The van der Waals surface area contributed by atoms with E-state index in [1.54, 1.807) is 0 Å². The van der Waals surface area contributed by atoms with Gasteiger partial charge in [0.1, 0.15) is 0 Å². The molecule has 2 atom stereocenters. The predicted octanol–water partition coefficient (Wildman–Crippen LogP) is 1.65. The molecule has 1 fully saturated rings. The van der Waals surface area contributed by atoms with Crippen molar-refractivity contribution in [1.29, 1.82) is 0 Å². The van der Waals surface area contributed by atoms with E-state index >= 15 is 0 Å². The van der Waals surface area contributed by atoms with E-state index in [-0.39, 0.29) is 17.7 Å². The number of carbonyl (C=O) groups excluding carboxylic acids is 2. The first-order valence-electron chi connectivity index (χ1n) is 9.35. The molecule has 1 aliphatic heterocycles. The number of para-hydroxylation sites is 1. The molecule has 1 heterocycles. The number of hydrogen-bond acceptors (Lipinski definition) is 2. The van der Waals surface area contributed by atoms with E-state index in [1.807, 2.05) is 0 Å². The van der Waals surface area contributed by atoms with Gasteiger partial charge in [-0.05, 0) is 35.8 Å². The maximum Gasteiger partial charge on any atom is 0.279 e. The van der Waals surface area contributed by atoms with Gasteiger partial charge in [-0.3, -0.25) is 9.59 Å². The average molecular weight is 346 g/mol. The summed E-state index contributed by atoms with van der Waals surface area (Å²) in [7, 11) is 0. The number of rotatable bonds is 6. The first-order chi connectivity index (χ1) is 11.8. The summed E-state index contributed by atoms with van der Waals surface area (Å²) in [4.78, 5) is 25.2. The fourth-order valence-electron chi connectivity index (χ4n) is 3.66. The van der Waals surface area contributed by atoms with Crippen molar-refractivity contribution in [3.8, 4) is 0 Å². The molecule has 2 rings (SSSR count). The van der Waals surface area contributed by atoms with E-state index in [0.29, 0.717) is 24.9 Å². The maximum absolute atomic E-state index is 12.7. The molecule has 0 saturated carbocycles.